The van der Waals surface area contributed by atoms with Crippen molar-refractivity contribution >= 4 is 0 Å². The van der Waals surface area contributed by atoms with E-state index in [2.05, 4.69) is 29.6 Å². The summed E-state index contributed by atoms with van der Waals surface area (Å²) in [5, 5.41) is 3.55. The monoisotopic (exact) mass is 217 g/mol. The molecule has 86 valence electrons. The molecule has 1 unspecified atom stereocenters. The zero-order chi connectivity index (χ0) is 10.8. The van der Waals surface area contributed by atoms with Crippen molar-refractivity contribution in [2.75, 3.05) is 13.2 Å². The predicted octanol–water partition coefficient (Wildman–Crippen LogP) is 2.44. The second kappa shape index (κ2) is 4.56. The first-order chi connectivity index (χ1) is 7.93. The third-order valence-corrected chi connectivity index (χ3v) is 3.51. The fourth-order valence-electron chi connectivity index (χ4n) is 2.42. The lowest BCUT2D eigenvalue weighted by atomic mass is 9.96. The smallest absolute Gasteiger partial charge is 0.0839 e. The highest BCUT2D eigenvalue weighted by Crippen LogP contribution is 2.29. The number of nitrogens with one attached hydrogen (secondary N) is 1. The Balaban J connectivity index is 1.62. The van der Waals surface area contributed by atoms with Crippen molar-refractivity contribution in [3.8, 4) is 0 Å². The first kappa shape index (κ1) is 10.3. The maximum absolute atomic E-state index is 5.87. The predicted molar refractivity (Wildman–Crippen MR) is 64.5 cm³/mol. The topological polar surface area (TPSA) is 21.3 Å². The minimum Gasteiger partial charge on any atom is -0.373 e. The van der Waals surface area contributed by atoms with Crippen LogP contribution in [0.1, 0.15) is 36.5 Å². The molecule has 16 heavy (non-hydrogen) atoms. The molecule has 0 amide bonds. The van der Waals surface area contributed by atoms with Crippen LogP contribution in [-0.2, 0) is 11.2 Å². The summed E-state index contributed by atoms with van der Waals surface area (Å²) in [6.07, 6.45) is 5.22. The molecule has 1 atom stereocenters. The van der Waals surface area contributed by atoms with Crippen LogP contribution in [0.15, 0.2) is 24.3 Å². The van der Waals surface area contributed by atoms with Crippen molar-refractivity contribution in [2.24, 2.45) is 0 Å². The quantitative estimate of drug-likeness (QED) is 0.836. The summed E-state index contributed by atoms with van der Waals surface area (Å²) in [4.78, 5) is 0. The number of benzene rings is 1. The van der Waals surface area contributed by atoms with Crippen molar-refractivity contribution in [1.82, 2.24) is 5.32 Å². The summed E-state index contributed by atoms with van der Waals surface area (Å²) in [5.74, 6) is 0. The molecule has 1 heterocycles. The minimum atomic E-state index is 0.316. The second-order valence-corrected chi connectivity index (χ2v) is 4.83. The molecule has 1 N–H and O–H groups in total. The molecule has 1 aliphatic heterocycles. The fraction of sp³-hybridized carbons (Fsp3) is 0.571. The third kappa shape index (κ3) is 2.28. The normalized spacial score (nSPS) is 24.1. The van der Waals surface area contributed by atoms with Gasteiger partial charge in [0.05, 0.1) is 12.7 Å². The van der Waals surface area contributed by atoms with Crippen LogP contribution in [0.4, 0.5) is 0 Å². The van der Waals surface area contributed by atoms with Crippen LogP contribution >= 0.6 is 0 Å². The van der Waals surface area contributed by atoms with Gasteiger partial charge in [0.25, 0.3) is 0 Å². The van der Waals surface area contributed by atoms with Gasteiger partial charge in [0, 0.05) is 6.04 Å². The molecule has 2 heteroatoms. The van der Waals surface area contributed by atoms with E-state index in [9.17, 15) is 0 Å². The number of hydrogen-bond acceptors (Lipinski definition) is 2. The Morgan fingerprint density at radius 1 is 1.25 bits per heavy atom. The summed E-state index contributed by atoms with van der Waals surface area (Å²) >= 11 is 0. The lowest BCUT2D eigenvalue weighted by Crippen LogP contribution is -2.23. The number of fused-ring (bicyclic) bond motifs is 1. The maximum atomic E-state index is 5.87. The molecule has 2 aliphatic rings. The molecule has 1 aliphatic carbocycles. The summed E-state index contributed by atoms with van der Waals surface area (Å²) in [6, 6.07) is 9.51. The van der Waals surface area contributed by atoms with Crippen LogP contribution in [0.3, 0.4) is 0 Å². The number of ether oxygens (including phenoxy) is 1. The number of hydrogen-bond donors (Lipinski definition) is 1. The van der Waals surface area contributed by atoms with Gasteiger partial charge in [-0.05, 0) is 43.4 Å². The van der Waals surface area contributed by atoms with Gasteiger partial charge in [-0.3, -0.25) is 0 Å². The van der Waals surface area contributed by atoms with Crippen molar-refractivity contribution in [2.45, 2.75) is 37.8 Å². The Labute approximate surface area is 97.0 Å². The van der Waals surface area contributed by atoms with Gasteiger partial charge in [0.15, 0.2) is 0 Å². The van der Waals surface area contributed by atoms with Crippen LogP contribution in [-0.4, -0.2) is 19.2 Å². The highest BCUT2D eigenvalue weighted by Gasteiger charge is 2.23. The largest absolute Gasteiger partial charge is 0.373 e. The molecule has 1 fully saturated rings. The second-order valence-electron chi connectivity index (χ2n) is 4.83. The van der Waals surface area contributed by atoms with E-state index in [1.165, 1.54) is 24.0 Å². The maximum Gasteiger partial charge on any atom is 0.0839 e. The van der Waals surface area contributed by atoms with Crippen molar-refractivity contribution in [3.63, 3.8) is 0 Å². The van der Waals surface area contributed by atoms with Gasteiger partial charge in [-0.1, -0.05) is 24.3 Å². The van der Waals surface area contributed by atoms with E-state index in [-0.39, 0.29) is 0 Å². The standard InChI is InChI=1S/C14H19NO/c1-2-4-13-11(3-1)8-10-16-14(13)7-9-15-12-5-6-12/h1-4,12,14-15H,5-10H2. The summed E-state index contributed by atoms with van der Waals surface area (Å²) in [7, 11) is 0. The highest BCUT2D eigenvalue weighted by atomic mass is 16.5. The van der Waals surface area contributed by atoms with Gasteiger partial charge < -0.3 is 10.1 Å². The average molecular weight is 217 g/mol. The Hall–Kier alpha value is -0.860. The third-order valence-electron chi connectivity index (χ3n) is 3.51. The Bertz CT molecular complexity index is 360. The van der Waals surface area contributed by atoms with Gasteiger partial charge in [0.2, 0.25) is 0 Å². The first-order valence-corrected chi connectivity index (χ1v) is 6.36. The van der Waals surface area contributed by atoms with Crippen LogP contribution < -0.4 is 5.32 Å². The molecule has 0 spiro atoms. The van der Waals surface area contributed by atoms with Crippen LogP contribution in [0.2, 0.25) is 0 Å². The van der Waals surface area contributed by atoms with E-state index in [4.69, 9.17) is 4.74 Å². The molecule has 3 rings (SSSR count). The first-order valence-electron chi connectivity index (χ1n) is 6.36. The molecule has 1 aromatic rings. The summed E-state index contributed by atoms with van der Waals surface area (Å²) < 4.78 is 5.87. The Morgan fingerprint density at radius 2 is 2.12 bits per heavy atom. The van der Waals surface area contributed by atoms with Gasteiger partial charge in [-0.25, -0.2) is 0 Å². The van der Waals surface area contributed by atoms with E-state index in [0.29, 0.717) is 6.10 Å². The van der Waals surface area contributed by atoms with E-state index in [1.54, 1.807) is 0 Å². The molecular weight excluding hydrogens is 198 g/mol. The van der Waals surface area contributed by atoms with E-state index < -0.39 is 0 Å². The van der Waals surface area contributed by atoms with Crippen molar-refractivity contribution in [1.29, 1.82) is 0 Å². The minimum absolute atomic E-state index is 0.316. The van der Waals surface area contributed by atoms with Gasteiger partial charge in [0.1, 0.15) is 0 Å². The van der Waals surface area contributed by atoms with Crippen molar-refractivity contribution < 1.29 is 4.74 Å². The molecule has 2 nitrogen and oxygen atoms in total. The summed E-state index contributed by atoms with van der Waals surface area (Å²) in [6.45, 7) is 1.97. The SMILES string of the molecule is c1ccc2c(c1)CCOC2CCNC1CC1. The Kier molecular flexibility index (Phi) is 2.94. The van der Waals surface area contributed by atoms with Crippen LogP contribution in [0, 0.1) is 0 Å². The van der Waals surface area contributed by atoms with Crippen LogP contribution in [0.25, 0.3) is 0 Å². The van der Waals surface area contributed by atoms with Gasteiger partial charge in [-0.15, -0.1) is 0 Å². The average Bonchev–Trinajstić information content (AvgIpc) is 3.13. The van der Waals surface area contributed by atoms with Gasteiger partial charge in [-0.2, -0.15) is 0 Å². The summed E-state index contributed by atoms with van der Waals surface area (Å²) in [5.41, 5.74) is 2.89. The number of rotatable bonds is 4. The zero-order valence-corrected chi connectivity index (χ0v) is 9.61. The fourth-order valence-corrected chi connectivity index (χ4v) is 2.42. The lowest BCUT2D eigenvalue weighted by molar-refractivity contribution is 0.0367. The molecule has 0 radical (unpaired) electrons. The van der Waals surface area contributed by atoms with E-state index in [1.807, 2.05) is 0 Å². The molecule has 0 bridgehead atoms. The van der Waals surface area contributed by atoms with Gasteiger partial charge >= 0.3 is 0 Å². The molecule has 1 aromatic carbocycles. The highest BCUT2D eigenvalue weighted by molar-refractivity contribution is 5.30. The molecular formula is C14H19NO. The molecule has 0 aromatic heterocycles. The van der Waals surface area contributed by atoms with E-state index >= 15 is 0 Å². The Morgan fingerprint density at radius 3 is 3.00 bits per heavy atom. The van der Waals surface area contributed by atoms with E-state index in [0.717, 1.165) is 32.0 Å². The van der Waals surface area contributed by atoms with Crippen LogP contribution in [0.5, 0.6) is 0 Å². The zero-order valence-electron chi connectivity index (χ0n) is 9.61. The molecule has 1 saturated carbocycles. The van der Waals surface area contributed by atoms with Crippen molar-refractivity contribution in [3.05, 3.63) is 35.4 Å². The lowest BCUT2D eigenvalue weighted by Gasteiger charge is -2.26. The molecule has 0 saturated heterocycles.